The molecule has 0 bridgehead atoms. The summed E-state index contributed by atoms with van der Waals surface area (Å²) in [5.74, 6) is 0.537. The Morgan fingerprint density at radius 2 is 2.46 bits per heavy atom. The molecule has 0 aliphatic rings. The van der Waals surface area contributed by atoms with E-state index >= 15 is 0 Å². The standard InChI is InChI=1S/C6H10N6O/c1-4-5(12(2)11-10-4)9-6(7)8-3-13/h3H,1-2H3,(H3,7,8,9,13). The van der Waals surface area contributed by atoms with E-state index < -0.39 is 0 Å². The van der Waals surface area contributed by atoms with Gasteiger partial charge in [0.2, 0.25) is 12.4 Å². The first-order chi connectivity index (χ1) is 6.15. The van der Waals surface area contributed by atoms with E-state index in [9.17, 15) is 4.79 Å². The summed E-state index contributed by atoms with van der Waals surface area (Å²) in [6.07, 6.45) is 0.456. The number of rotatable bonds is 2. The number of aromatic nitrogens is 3. The van der Waals surface area contributed by atoms with Gasteiger partial charge < -0.3 is 5.73 Å². The van der Waals surface area contributed by atoms with Crippen molar-refractivity contribution in [2.24, 2.45) is 17.8 Å². The highest BCUT2D eigenvalue weighted by Gasteiger charge is 2.04. The monoisotopic (exact) mass is 182 g/mol. The number of guanidine groups is 1. The fraction of sp³-hybridized carbons (Fsp3) is 0.333. The molecule has 7 heteroatoms. The third kappa shape index (κ3) is 2.01. The molecule has 7 nitrogen and oxygen atoms in total. The van der Waals surface area contributed by atoms with E-state index in [4.69, 9.17) is 5.73 Å². The van der Waals surface area contributed by atoms with Crippen molar-refractivity contribution < 1.29 is 4.79 Å². The Hall–Kier alpha value is -1.92. The van der Waals surface area contributed by atoms with Gasteiger partial charge in [0.05, 0.1) is 0 Å². The molecule has 0 radical (unpaired) electrons. The lowest BCUT2D eigenvalue weighted by Gasteiger charge is -1.97. The number of carbonyl (C=O) groups excluding carboxylic acids is 1. The van der Waals surface area contributed by atoms with Crippen LogP contribution in [0.1, 0.15) is 5.69 Å². The zero-order valence-electron chi connectivity index (χ0n) is 7.35. The van der Waals surface area contributed by atoms with Crippen molar-refractivity contribution in [1.82, 2.24) is 20.3 Å². The summed E-state index contributed by atoms with van der Waals surface area (Å²) in [6, 6.07) is 0. The molecular formula is C6H10N6O. The van der Waals surface area contributed by atoms with Crippen molar-refractivity contribution in [3.05, 3.63) is 5.69 Å². The molecule has 3 N–H and O–H groups in total. The maximum absolute atomic E-state index is 10.0. The van der Waals surface area contributed by atoms with Gasteiger partial charge >= 0.3 is 0 Å². The maximum atomic E-state index is 10.0. The lowest BCUT2D eigenvalue weighted by Crippen LogP contribution is -2.29. The molecule has 0 spiro atoms. The van der Waals surface area contributed by atoms with Crippen LogP contribution >= 0.6 is 0 Å². The molecule has 1 heterocycles. The van der Waals surface area contributed by atoms with Gasteiger partial charge in [0, 0.05) is 7.05 Å². The van der Waals surface area contributed by atoms with Gasteiger partial charge in [0.15, 0.2) is 5.82 Å². The normalized spacial score (nSPS) is 11.4. The molecule has 0 saturated heterocycles. The predicted octanol–water partition coefficient (Wildman–Crippen LogP) is -1.18. The Morgan fingerprint density at radius 3 is 2.92 bits per heavy atom. The van der Waals surface area contributed by atoms with Gasteiger partial charge in [-0.2, -0.15) is 4.99 Å². The molecule has 0 saturated carbocycles. The molecule has 0 aliphatic heterocycles. The molecule has 0 aromatic carbocycles. The maximum Gasteiger partial charge on any atom is 0.213 e. The molecule has 1 rings (SSSR count). The van der Waals surface area contributed by atoms with E-state index in [-0.39, 0.29) is 5.96 Å². The molecule has 70 valence electrons. The van der Waals surface area contributed by atoms with E-state index in [1.54, 1.807) is 14.0 Å². The lowest BCUT2D eigenvalue weighted by atomic mass is 10.5. The fourth-order valence-corrected chi connectivity index (χ4v) is 0.815. The van der Waals surface area contributed by atoms with Crippen molar-refractivity contribution in [2.45, 2.75) is 6.92 Å². The van der Waals surface area contributed by atoms with Gasteiger partial charge in [0.25, 0.3) is 0 Å². The molecule has 1 amide bonds. The smallest absolute Gasteiger partial charge is 0.213 e. The van der Waals surface area contributed by atoms with Crippen LogP contribution in [0.3, 0.4) is 0 Å². The summed E-state index contributed by atoms with van der Waals surface area (Å²) >= 11 is 0. The van der Waals surface area contributed by atoms with Gasteiger partial charge in [-0.3, -0.25) is 10.1 Å². The summed E-state index contributed by atoms with van der Waals surface area (Å²) < 4.78 is 1.47. The van der Waals surface area contributed by atoms with Crippen LogP contribution in [0.2, 0.25) is 0 Å². The Kier molecular flexibility index (Phi) is 2.58. The van der Waals surface area contributed by atoms with Crippen LogP contribution in [0.15, 0.2) is 4.99 Å². The number of aryl methyl sites for hydroxylation is 2. The molecule has 0 aliphatic carbocycles. The van der Waals surface area contributed by atoms with Gasteiger partial charge in [-0.1, -0.05) is 5.21 Å². The van der Waals surface area contributed by atoms with E-state index in [2.05, 4.69) is 20.6 Å². The average Bonchev–Trinajstić information content (AvgIpc) is 2.36. The van der Waals surface area contributed by atoms with Crippen molar-refractivity contribution >= 4 is 18.2 Å². The summed E-state index contributed by atoms with van der Waals surface area (Å²) in [4.78, 5) is 13.9. The molecule has 0 fully saturated rings. The van der Waals surface area contributed by atoms with Crippen LogP contribution in [-0.2, 0) is 11.8 Å². The minimum Gasteiger partial charge on any atom is -0.369 e. The second-order valence-electron chi connectivity index (χ2n) is 2.38. The highest BCUT2D eigenvalue weighted by Crippen LogP contribution is 2.12. The first-order valence-corrected chi connectivity index (χ1v) is 3.55. The summed E-state index contributed by atoms with van der Waals surface area (Å²) in [5.41, 5.74) is 6.00. The number of hydrogen-bond acceptors (Lipinski definition) is 4. The second kappa shape index (κ2) is 3.65. The third-order valence-electron chi connectivity index (χ3n) is 1.39. The van der Waals surface area contributed by atoms with Crippen molar-refractivity contribution in [3.8, 4) is 0 Å². The Labute approximate surface area is 74.6 Å². The van der Waals surface area contributed by atoms with Crippen LogP contribution in [0.4, 0.5) is 5.82 Å². The number of amides is 1. The summed E-state index contributed by atoms with van der Waals surface area (Å²) in [6.45, 7) is 1.75. The minimum absolute atomic E-state index is 0.0171. The molecular weight excluding hydrogens is 172 g/mol. The first-order valence-electron chi connectivity index (χ1n) is 3.55. The van der Waals surface area contributed by atoms with Crippen molar-refractivity contribution in [1.29, 1.82) is 0 Å². The largest absolute Gasteiger partial charge is 0.369 e. The predicted molar refractivity (Wildman–Crippen MR) is 46.2 cm³/mol. The number of nitrogens with two attached hydrogens (primary N) is 1. The van der Waals surface area contributed by atoms with Gasteiger partial charge in [0.1, 0.15) is 5.69 Å². The van der Waals surface area contributed by atoms with Gasteiger partial charge in [-0.25, -0.2) is 4.68 Å². The fourth-order valence-electron chi connectivity index (χ4n) is 0.815. The summed E-state index contributed by atoms with van der Waals surface area (Å²) in [7, 11) is 1.69. The number of carbonyl (C=O) groups is 1. The Balaban J connectivity index is 2.95. The molecule has 1 aromatic heterocycles. The van der Waals surface area contributed by atoms with E-state index in [0.29, 0.717) is 17.9 Å². The minimum atomic E-state index is 0.0171. The molecule has 13 heavy (non-hydrogen) atoms. The zero-order chi connectivity index (χ0) is 9.84. The van der Waals surface area contributed by atoms with Crippen LogP contribution < -0.4 is 11.1 Å². The first kappa shape index (κ1) is 9.17. The number of nitrogens with one attached hydrogen (secondary N) is 1. The third-order valence-corrected chi connectivity index (χ3v) is 1.39. The van der Waals surface area contributed by atoms with Gasteiger partial charge in [-0.15, -0.1) is 5.10 Å². The SMILES string of the molecule is Cc1nnn(C)c1/N=C(/N)NC=O. The highest BCUT2D eigenvalue weighted by atomic mass is 16.1. The van der Waals surface area contributed by atoms with E-state index in [1.165, 1.54) is 4.68 Å². The van der Waals surface area contributed by atoms with Crippen molar-refractivity contribution in [3.63, 3.8) is 0 Å². The van der Waals surface area contributed by atoms with Crippen molar-refractivity contribution in [2.75, 3.05) is 0 Å². The number of nitrogens with zero attached hydrogens (tertiary/aromatic N) is 4. The average molecular weight is 182 g/mol. The summed E-state index contributed by atoms with van der Waals surface area (Å²) in [5, 5.41) is 9.70. The van der Waals surface area contributed by atoms with Crippen LogP contribution in [-0.4, -0.2) is 27.4 Å². The number of aliphatic imine (C=N–C) groups is 1. The lowest BCUT2D eigenvalue weighted by molar-refractivity contribution is -0.108. The number of hydrogen-bond donors (Lipinski definition) is 2. The molecule has 1 aromatic rings. The zero-order valence-corrected chi connectivity index (χ0v) is 7.35. The van der Waals surface area contributed by atoms with Crippen LogP contribution in [0.25, 0.3) is 0 Å². The van der Waals surface area contributed by atoms with E-state index in [1.807, 2.05) is 0 Å². The van der Waals surface area contributed by atoms with E-state index in [0.717, 1.165) is 0 Å². The second-order valence-corrected chi connectivity index (χ2v) is 2.38. The van der Waals surface area contributed by atoms with Crippen LogP contribution in [0, 0.1) is 6.92 Å². The Bertz CT molecular complexity index is 321. The topological polar surface area (TPSA) is 98.2 Å². The highest BCUT2D eigenvalue weighted by molar-refractivity contribution is 5.88. The Morgan fingerprint density at radius 1 is 1.77 bits per heavy atom. The quantitative estimate of drug-likeness (QED) is 0.341. The molecule has 0 atom stereocenters. The van der Waals surface area contributed by atoms with Crippen LogP contribution in [0.5, 0.6) is 0 Å². The molecule has 0 unspecified atom stereocenters. The van der Waals surface area contributed by atoms with Gasteiger partial charge in [-0.05, 0) is 6.92 Å².